The number of rotatable bonds is 3. The summed E-state index contributed by atoms with van der Waals surface area (Å²) < 4.78 is 1.98. The average Bonchev–Trinajstić information content (AvgIpc) is 3.05. The number of benzene rings is 1. The Morgan fingerprint density at radius 3 is 2.71 bits per heavy atom. The van der Waals surface area contributed by atoms with E-state index in [4.69, 9.17) is 0 Å². The molecule has 2 aromatic heterocycles. The summed E-state index contributed by atoms with van der Waals surface area (Å²) in [5, 5.41) is 0. The van der Waals surface area contributed by atoms with Gasteiger partial charge in [-0.3, -0.25) is 9.20 Å². The van der Waals surface area contributed by atoms with Crippen molar-refractivity contribution < 1.29 is 4.79 Å². The highest BCUT2D eigenvalue weighted by Crippen LogP contribution is 2.26. The summed E-state index contributed by atoms with van der Waals surface area (Å²) in [6.07, 6.45) is 4.57. The molecule has 24 heavy (non-hydrogen) atoms. The standard InChI is InChI=1S/C19H20N4O/c1-21-7-9-22(10-8-21)17-4-2-3-16(11-17)18-12-20-19-6-5-15(14-24)13-23(18)19/h2-6,11-14H,7-10H2,1H3. The van der Waals surface area contributed by atoms with Gasteiger partial charge in [-0.25, -0.2) is 4.98 Å². The molecular formula is C19H20N4O. The molecule has 1 aromatic carbocycles. The number of fused-ring (bicyclic) bond motifs is 1. The molecule has 0 saturated carbocycles. The molecule has 0 amide bonds. The van der Waals surface area contributed by atoms with Gasteiger partial charge >= 0.3 is 0 Å². The van der Waals surface area contributed by atoms with E-state index >= 15 is 0 Å². The quantitative estimate of drug-likeness (QED) is 0.696. The first kappa shape index (κ1) is 14.9. The number of pyridine rings is 1. The predicted molar refractivity (Wildman–Crippen MR) is 95.7 cm³/mol. The minimum atomic E-state index is 0.650. The van der Waals surface area contributed by atoms with E-state index in [1.807, 2.05) is 22.9 Å². The van der Waals surface area contributed by atoms with Crippen LogP contribution in [0, 0.1) is 0 Å². The van der Waals surface area contributed by atoms with Crippen LogP contribution in [0.15, 0.2) is 48.8 Å². The monoisotopic (exact) mass is 320 g/mol. The van der Waals surface area contributed by atoms with Crippen LogP contribution in [-0.2, 0) is 0 Å². The van der Waals surface area contributed by atoms with Crippen molar-refractivity contribution in [3.63, 3.8) is 0 Å². The lowest BCUT2D eigenvalue weighted by atomic mass is 10.1. The van der Waals surface area contributed by atoms with Gasteiger partial charge in [-0.1, -0.05) is 12.1 Å². The molecule has 0 unspecified atom stereocenters. The Labute approximate surface area is 141 Å². The van der Waals surface area contributed by atoms with Crippen LogP contribution in [-0.4, -0.2) is 53.8 Å². The zero-order valence-electron chi connectivity index (χ0n) is 13.7. The molecule has 0 atom stereocenters. The van der Waals surface area contributed by atoms with E-state index in [0.29, 0.717) is 5.56 Å². The van der Waals surface area contributed by atoms with E-state index in [9.17, 15) is 4.79 Å². The van der Waals surface area contributed by atoms with Crippen LogP contribution in [0.1, 0.15) is 10.4 Å². The minimum Gasteiger partial charge on any atom is -0.369 e. The second kappa shape index (κ2) is 6.09. The summed E-state index contributed by atoms with van der Waals surface area (Å²) in [7, 11) is 2.16. The molecule has 3 heterocycles. The van der Waals surface area contributed by atoms with Crippen molar-refractivity contribution >= 4 is 17.6 Å². The molecule has 1 fully saturated rings. The van der Waals surface area contributed by atoms with Crippen LogP contribution in [0.4, 0.5) is 5.69 Å². The predicted octanol–water partition coefficient (Wildman–Crippen LogP) is 2.57. The number of aromatic nitrogens is 2. The minimum absolute atomic E-state index is 0.650. The molecule has 5 nitrogen and oxygen atoms in total. The van der Waals surface area contributed by atoms with E-state index in [1.165, 1.54) is 5.69 Å². The smallest absolute Gasteiger partial charge is 0.151 e. The third-order valence-corrected chi connectivity index (χ3v) is 4.67. The number of nitrogens with zero attached hydrogens (tertiary/aromatic N) is 4. The van der Waals surface area contributed by atoms with Crippen LogP contribution in [0.3, 0.4) is 0 Å². The summed E-state index contributed by atoms with van der Waals surface area (Å²) in [5.74, 6) is 0. The SMILES string of the molecule is CN1CCN(c2cccc(-c3cnc4ccc(C=O)cn34)c2)CC1. The number of aldehydes is 1. The number of piperazine rings is 1. The summed E-state index contributed by atoms with van der Waals surface area (Å²) in [6, 6.07) is 12.2. The molecule has 0 radical (unpaired) electrons. The number of hydrogen-bond donors (Lipinski definition) is 0. The van der Waals surface area contributed by atoms with Crippen molar-refractivity contribution in [2.75, 3.05) is 38.1 Å². The fourth-order valence-electron chi connectivity index (χ4n) is 3.21. The first-order chi connectivity index (χ1) is 11.7. The van der Waals surface area contributed by atoms with Gasteiger partial charge < -0.3 is 9.80 Å². The Morgan fingerprint density at radius 1 is 1.08 bits per heavy atom. The van der Waals surface area contributed by atoms with Gasteiger partial charge in [-0.05, 0) is 31.3 Å². The molecule has 122 valence electrons. The lowest BCUT2D eigenvalue weighted by Crippen LogP contribution is -2.44. The van der Waals surface area contributed by atoms with Gasteiger partial charge in [0.05, 0.1) is 11.9 Å². The molecule has 1 aliphatic heterocycles. The van der Waals surface area contributed by atoms with E-state index in [0.717, 1.165) is 49.4 Å². The van der Waals surface area contributed by atoms with E-state index in [2.05, 4.69) is 46.1 Å². The summed E-state index contributed by atoms with van der Waals surface area (Å²) in [6.45, 7) is 4.26. The maximum Gasteiger partial charge on any atom is 0.151 e. The number of anilines is 1. The molecule has 5 heteroatoms. The fraction of sp³-hybridized carbons (Fsp3) is 0.263. The van der Waals surface area contributed by atoms with Crippen LogP contribution in [0.25, 0.3) is 16.9 Å². The molecule has 1 saturated heterocycles. The first-order valence-electron chi connectivity index (χ1n) is 8.21. The highest BCUT2D eigenvalue weighted by Gasteiger charge is 2.15. The summed E-state index contributed by atoms with van der Waals surface area (Å²) in [5.41, 5.74) is 4.85. The largest absolute Gasteiger partial charge is 0.369 e. The van der Waals surface area contributed by atoms with Gasteiger partial charge in [0, 0.05) is 49.2 Å². The van der Waals surface area contributed by atoms with Crippen molar-refractivity contribution in [1.82, 2.24) is 14.3 Å². The van der Waals surface area contributed by atoms with Gasteiger partial charge in [-0.15, -0.1) is 0 Å². The Kier molecular flexibility index (Phi) is 3.78. The van der Waals surface area contributed by atoms with Crippen LogP contribution >= 0.6 is 0 Å². The zero-order valence-corrected chi connectivity index (χ0v) is 13.7. The lowest BCUT2D eigenvalue weighted by molar-refractivity contribution is 0.112. The zero-order chi connectivity index (χ0) is 16.5. The maximum absolute atomic E-state index is 11.1. The average molecular weight is 320 g/mol. The second-order valence-corrected chi connectivity index (χ2v) is 6.29. The van der Waals surface area contributed by atoms with Gasteiger partial charge in [0.15, 0.2) is 6.29 Å². The number of likely N-dealkylation sites (N-methyl/N-ethyl adjacent to an activating group) is 1. The number of hydrogen-bond acceptors (Lipinski definition) is 4. The third-order valence-electron chi connectivity index (χ3n) is 4.67. The maximum atomic E-state index is 11.1. The number of carbonyl (C=O) groups excluding carboxylic acids is 1. The van der Waals surface area contributed by atoms with Gasteiger partial charge in [0.2, 0.25) is 0 Å². The van der Waals surface area contributed by atoms with Crippen molar-refractivity contribution in [1.29, 1.82) is 0 Å². The number of carbonyl (C=O) groups is 1. The van der Waals surface area contributed by atoms with Gasteiger partial charge in [-0.2, -0.15) is 0 Å². The Balaban J connectivity index is 1.72. The van der Waals surface area contributed by atoms with Crippen molar-refractivity contribution in [2.45, 2.75) is 0 Å². The fourth-order valence-corrected chi connectivity index (χ4v) is 3.21. The molecule has 0 spiro atoms. The Bertz CT molecular complexity index is 878. The molecule has 0 N–H and O–H groups in total. The van der Waals surface area contributed by atoms with E-state index < -0.39 is 0 Å². The number of imidazole rings is 1. The Morgan fingerprint density at radius 2 is 1.92 bits per heavy atom. The van der Waals surface area contributed by atoms with E-state index in [1.54, 1.807) is 6.07 Å². The molecule has 1 aliphatic rings. The molecule has 0 aliphatic carbocycles. The molecule has 3 aromatic rings. The highest BCUT2D eigenvalue weighted by atomic mass is 16.1. The third kappa shape index (κ3) is 2.67. The topological polar surface area (TPSA) is 40.8 Å². The van der Waals surface area contributed by atoms with Crippen LogP contribution in [0.2, 0.25) is 0 Å². The molecule has 4 rings (SSSR count). The lowest BCUT2D eigenvalue weighted by Gasteiger charge is -2.34. The van der Waals surface area contributed by atoms with Crippen molar-refractivity contribution in [2.24, 2.45) is 0 Å². The second-order valence-electron chi connectivity index (χ2n) is 6.29. The molecular weight excluding hydrogens is 300 g/mol. The van der Waals surface area contributed by atoms with E-state index in [-0.39, 0.29) is 0 Å². The normalized spacial score (nSPS) is 15.8. The van der Waals surface area contributed by atoms with Crippen molar-refractivity contribution in [3.8, 4) is 11.3 Å². The highest BCUT2D eigenvalue weighted by molar-refractivity contribution is 5.76. The van der Waals surface area contributed by atoms with Crippen LogP contribution in [0.5, 0.6) is 0 Å². The summed E-state index contributed by atoms with van der Waals surface area (Å²) >= 11 is 0. The Hall–Kier alpha value is -2.66. The van der Waals surface area contributed by atoms with Gasteiger partial charge in [0.25, 0.3) is 0 Å². The summed E-state index contributed by atoms with van der Waals surface area (Å²) in [4.78, 5) is 20.3. The molecule has 0 bridgehead atoms. The van der Waals surface area contributed by atoms with Gasteiger partial charge in [0.1, 0.15) is 5.65 Å². The van der Waals surface area contributed by atoms with Crippen molar-refractivity contribution in [3.05, 3.63) is 54.4 Å². The first-order valence-corrected chi connectivity index (χ1v) is 8.21. The van der Waals surface area contributed by atoms with Crippen LogP contribution < -0.4 is 4.90 Å².